The first-order valence-electron chi connectivity index (χ1n) is 4.64. The van der Waals surface area contributed by atoms with Gasteiger partial charge >= 0.3 is 0 Å². The van der Waals surface area contributed by atoms with Gasteiger partial charge in [0.05, 0.1) is 0 Å². The molecular weight excluding hydrogens is 190 g/mol. The van der Waals surface area contributed by atoms with Crippen LogP contribution in [0.4, 0.5) is 5.69 Å². The molecule has 0 atom stereocenters. The topological polar surface area (TPSA) is 12.0 Å². The fourth-order valence-electron chi connectivity index (χ4n) is 1.64. The summed E-state index contributed by atoms with van der Waals surface area (Å²) in [6, 6.07) is 10.6. The van der Waals surface area contributed by atoms with Gasteiger partial charge in [0.2, 0.25) is 0 Å². The molecule has 0 spiro atoms. The standard InChI is InChI=1S/C12H13NS/c1-9-5-3-6-10(12(9)13-2)11-7-4-8-14-11/h3-8,13H,1-2H3. The maximum atomic E-state index is 3.26. The van der Waals surface area contributed by atoms with E-state index in [9.17, 15) is 0 Å². The molecule has 2 rings (SSSR count). The summed E-state index contributed by atoms with van der Waals surface area (Å²) in [7, 11) is 1.97. The number of thiophene rings is 1. The third-order valence-corrected chi connectivity index (χ3v) is 3.21. The molecule has 0 saturated carbocycles. The molecule has 1 N–H and O–H groups in total. The molecule has 0 aliphatic carbocycles. The van der Waals surface area contributed by atoms with Gasteiger partial charge in [-0.2, -0.15) is 0 Å². The van der Waals surface area contributed by atoms with E-state index in [1.165, 1.54) is 21.7 Å². The zero-order chi connectivity index (χ0) is 9.97. The lowest BCUT2D eigenvalue weighted by Gasteiger charge is -2.10. The van der Waals surface area contributed by atoms with E-state index in [-0.39, 0.29) is 0 Å². The number of benzene rings is 1. The van der Waals surface area contributed by atoms with Gasteiger partial charge in [-0.1, -0.05) is 24.3 Å². The maximum absolute atomic E-state index is 3.26. The van der Waals surface area contributed by atoms with Crippen LogP contribution < -0.4 is 5.32 Å². The van der Waals surface area contributed by atoms with E-state index in [4.69, 9.17) is 0 Å². The van der Waals surface area contributed by atoms with Crippen LogP contribution >= 0.6 is 11.3 Å². The lowest BCUT2D eigenvalue weighted by atomic mass is 10.1. The zero-order valence-electron chi connectivity index (χ0n) is 8.37. The number of nitrogens with one attached hydrogen (secondary N) is 1. The first kappa shape index (κ1) is 9.28. The Balaban J connectivity index is 2.58. The smallest absolute Gasteiger partial charge is 0.0455 e. The molecule has 1 aromatic carbocycles. The summed E-state index contributed by atoms with van der Waals surface area (Å²) in [5.74, 6) is 0. The summed E-state index contributed by atoms with van der Waals surface area (Å²) in [6.45, 7) is 2.13. The predicted octanol–water partition coefficient (Wildman–Crippen LogP) is 3.77. The molecule has 0 saturated heterocycles. The monoisotopic (exact) mass is 203 g/mol. The number of hydrogen-bond donors (Lipinski definition) is 1. The van der Waals surface area contributed by atoms with Gasteiger partial charge < -0.3 is 5.32 Å². The summed E-state index contributed by atoms with van der Waals surface area (Å²) in [4.78, 5) is 1.32. The summed E-state index contributed by atoms with van der Waals surface area (Å²) < 4.78 is 0. The van der Waals surface area contributed by atoms with Gasteiger partial charge in [-0.3, -0.25) is 0 Å². The first-order chi connectivity index (χ1) is 6.83. The Hall–Kier alpha value is -1.28. The van der Waals surface area contributed by atoms with E-state index < -0.39 is 0 Å². The van der Waals surface area contributed by atoms with Crippen molar-refractivity contribution in [2.24, 2.45) is 0 Å². The highest BCUT2D eigenvalue weighted by atomic mass is 32.1. The molecular formula is C12H13NS. The van der Waals surface area contributed by atoms with Gasteiger partial charge in [0.15, 0.2) is 0 Å². The minimum atomic E-state index is 1.23. The average molecular weight is 203 g/mol. The van der Waals surface area contributed by atoms with Crippen LogP contribution in [-0.4, -0.2) is 7.05 Å². The van der Waals surface area contributed by atoms with Crippen molar-refractivity contribution < 1.29 is 0 Å². The lowest BCUT2D eigenvalue weighted by Crippen LogP contribution is -1.93. The van der Waals surface area contributed by atoms with E-state index in [2.05, 4.69) is 48.0 Å². The Morgan fingerprint density at radius 1 is 1.14 bits per heavy atom. The van der Waals surface area contributed by atoms with Crippen molar-refractivity contribution in [2.75, 3.05) is 12.4 Å². The van der Waals surface area contributed by atoms with Gasteiger partial charge in [-0.05, 0) is 23.9 Å². The second kappa shape index (κ2) is 3.84. The summed E-state index contributed by atoms with van der Waals surface area (Å²) in [5, 5.41) is 5.37. The van der Waals surface area contributed by atoms with E-state index in [1.807, 2.05) is 7.05 Å². The lowest BCUT2D eigenvalue weighted by molar-refractivity contribution is 1.41. The van der Waals surface area contributed by atoms with Crippen molar-refractivity contribution in [3.8, 4) is 10.4 Å². The van der Waals surface area contributed by atoms with Gasteiger partial charge in [-0.25, -0.2) is 0 Å². The quantitative estimate of drug-likeness (QED) is 0.783. The Labute approximate surface area is 88.4 Å². The predicted molar refractivity (Wildman–Crippen MR) is 64.0 cm³/mol. The van der Waals surface area contributed by atoms with Crippen molar-refractivity contribution in [3.63, 3.8) is 0 Å². The zero-order valence-corrected chi connectivity index (χ0v) is 9.19. The molecule has 0 fully saturated rings. The average Bonchev–Trinajstić information content (AvgIpc) is 2.70. The van der Waals surface area contributed by atoms with E-state index >= 15 is 0 Å². The highest BCUT2D eigenvalue weighted by Crippen LogP contribution is 2.33. The van der Waals surface area contributed by atoms with Crippen molar-refractivity contribution in [3.05, 3.63) is 41.3 Å². The molecule has 2 heteroatoms. The minimum absolute atomic E-state index is 1.23. The van der Waals surface area contributed by atoms with Gasteiger partial charge in [0.25, 0.3) is 0 Å². The molecule has 1 nitrogen and oxygen atoms in total. The van der Waals surface area contributed by atoms with Crippen LogP contribution in [-0.2, 0) is 0 Å². The number of aryl methyl sites for hydroxylation is 1. The molecule has 2 aromatic rings. The summed E-state index contributed by atoms with van der Waals surface area (Å²) in [5.41, 5.74) is 3.82. The van der Waals surface area contributed by atoms with Crippen molar-refractivity contribution in [1.82, 2.24) is 0 Å². The largest absolute Gasteiger partial charge is 0.387 e. The van der Waals surface area contributed by atoms with E-state index in [1.54, 1.807) is 11.3 Å². The van der Waals surface area contributed by atoms with E-state index in [0.29, 0.717) is 0 Å². The number of hydrogen-bond acceptors (Lipinski definition) is 2. The number of anilines is 1. The molecule has 0 aliphatic heterocycles. The van der Waals surface area contributed by atoms with Crippen LogP contribution in [0, 0.1) is 6.92 Å². The van der Waals surface area contributed by atoms with Gasteiger partial charge in [-0.15, -0.1) is 11.3 Å². The summed E-state index contributed by atoms with van der Waals surface area (Å²) in [6.07, 6.45) is 0. The highest BCUT2D eigenvalue weighted by Gasteiger charge is 2.05. The van der Waals surface area contributed by atoms with Crippen LogP contribution in [0.1, 0.15) is 5.56 Å². The molecule has 72 valence electrons. The highest BCUT2D eigenvalue weighted by molar-refractivity contribution is 7.13. The molecule has 14 heavy (non-hydrogen) atoms. The molecule has 1 aromatic heterocycles. The van der Waals surface area contributed by atoms with E-state index in [0.717, 1.165) is 0 Å². The van der Waals surface area contributed by atoms with Crippen molar-refractivity contribution in [1.29, 1.82) is 0 Å². The maximum Gasteiger partial charge on any atom is 0.0455 e. The van der Waals surface area contributed by atoms with Crippen LogP contribution in [0.5, 0.6) is 0 Å². The van der Waals surface area contributed by atoms with Gasteiger partial charge in [0, 0.05) is 23.2 Å². The second-order valence-corrected chi connectivity index (χ2v) is 4.17. The third-order valence-electron chi connectivity index (χ3n) is 2.31. The second-order valence-electron chi connectivity index (χ2n) is 3.22. The van der Waals surface area contributed by atoms with Crippen molar-refractivity contribution in [2.45, 2.75) is 6.92 Å². The Morgan fingerprint density at radius 3 is 2.64 bits per heavy atom. The van der Waals surface area contributed by atoms with Crippen LogP contribution in [0.2, 0.25) is 0 Å². The Kier molecular flexibility index (Phi) is 2.55. The molecule has 0 radical (unpaired) electrons. The fourth-order valence-corrected chi connectivity index (χ4v) is 2.39. The SMILES string of the molecule is CNc1c(C)cccc1-c1cccs1. The Bertz CT molecular complexity index is 418. The molecule has 0 aliphatic rings. The molecule has 1 heterocycles. The summed E-state index contributed by atoms with van der Waals surface area (Å²) >= 11 is 1.77. The molecule has 0 amide bonds. The van der Waals surface area contributed by atoms with Crippen LogP contribution in [0.3, 0.4) is 0 Å². The number of rotatable bonds is 2. The van der Waals surface area contributed by atoms with Crippen LogP contribution in [0.15, 0.2) is 35.7 Å². The first-order valence-corrected chi connectivity index (χ1v) is 5.52. The minimum Gasteiger partial charge on any atom is -0.387 e. The normalized spacial score (nSPS) is 10.1. The molecule has 0 unspecified atom stereocenters. The fraction of sp³-hybridized carbons (Fsp3) is 0.167. The molecule has 0 bridgehead atoms. The third kappa shape index (κ3) is 1.53. The van der Waals surface area contributed by atoms with Gasteiger partial charge in [0.1, 0.15) is 0 Å². The van der Waals surface area contributed by atoms with Crippen LogP contribution in [0.25, 0.3) is 10.4 Å². The van der Waals surface area contributed by atoms with Crippen molar-refractivity contribution >= 4 is 17.0 Å². The number of para-hydroxylation sites is 1. The Morgan fingerprint density at radius 2 is 2.00 bits per heavy atom.